The van der Waals surface area contributed by atoms with E-state index < -0.39 is 0 Å². The Morgan fingerprint density at radius 3 is 2.56 bits per heavy atom. The maximum atomic E-state index is 13.8. The number of methoxy groups -OCH3 is 1. The molecule has 8 nitrogen and oxygen atoms in total. The number of aromatic hydroxyl groups is 1. The van der Waals surface area contributed by atoms with Gasteiger partial charge in [0.1, 0.15) is 27.3 Å². The first-order chi connectivity index (χ1) is 18.8. The fourth-order valence-electron chi connectivity index (χ4n) is 7.40. The first-order valence-corrected chi connectivity index (χ1v) is 14.8. The third-order valence-corrected chi connectivity index (χ3v) is 10.0. The zero-order valence-electron chi connectivity index (χ0n) is 22.0. The highest BCUT2D eigenvalue weighted by Gasteiger charge is 2.53. The van der Waals surface area contributed by atoms with E-state index in [0.717, 1.165) is 17.4 Å². The van der Waals surface area contributed by atoms with Crippen LogP contribution in [0.3, 0.4) is 0 Å². The highest BCUT2D eigenvalue weighted by atomic mass is 32.2. The number of carbonyl (C=O) groups excluding carboxylic acids is 1. The third kappa shape index (κ3) is 5.16. The fourth-order valence-corrected chi connectivity index (χ4v) is 8.71. The Hall–Kier alpha value is -2.98. The van der Waals surface area contributed by atoms with Gasteiger partial charge >= 0.3 is 0 Å². The Morgan fingerprint density at radius 1 is 1.18 bits per heavy atom. The molecule has 2 heterocycles. The second-order valence-corrected chi connectivity index (χ2v) is 13.0. The van der Waals surface area contributed by atoms with Crippen molar-refractivity contribution in [3.63, 3.8) is 0 Å². The highest BCUT2D eigenvalue weighted by Crippen LogP contribution is 2.56. The number of thiocarbonyl (C=S) groups is 1. The van der Waals surface area contributed by atoms with Gasteiger partial charge in [-0.05, 0) is 92.4 Å². The molecular formula is C29H34N4O4S2. The molecule has 1 aliphatic heterocycles. The number of benzene rings is 1. The minimum atomic E-state index is -0.00842. The number of amides is 1. The molecule has 39 heavy (non-hydrogen) atoms. The van der Waals surface area contributed by atoms with Crippen LogP contribution in [-0.2, 0) is 11.2 Å². The number of carbonyl (C=O) groups is 1. The summed E-state index contributed by atoms with van der Waals surface area (Å²) in [4.78, 5) is 20.4. The molecule has 1 aromatic carbocycles. The highest BCUT2D eigenvalue weighted by molar-refractivity contribution is 8.26. The van der Waals surface area contributed by atoms with Crippen LogP contribution in [0.2, 0.25) is 0 Å². The molecule has 4 saturated carbocycles. The first kappa shape index (κ1) is 26.3. The van der Waals surface area contributed by atoms with Crippen LogP contribution in [-0.4, -0.2) is 45.9 Å². The van der Waals surface area contributed by atoms with E-state index in [9.17, 15) is 9.90 Å². The number of phenols is 1. The van der Waals surface area contributed by atoms with Crippen molar-refractivity contribution in [2.45, 2.75) is 51.0 Å². The number of guanidine groups is 1. The molecule has 0 atom stereocenters. The molecule has 1 aromatic heterocycles. The summed E-state index contributed by atoms with van der Waals surface area (Å²) in [6.07, 6.45) is 9.45. The Kier molecular flexibility index (Phi) is 7.09. The van der Waals surface area contributed by atoms with Gasteiger partial charge in [-0.15, -0.1) is 0 Å². The molecule has 0 spiro atoms. The van der Waals surface area contributed by atoms with Crippen LogP contribution < -0.4 is 16.2 Å². The van der Waals surface area contributed by atoms with Gasteiger partial charge in [0.05, 0.1) is 12.0 Å². The standard InChI is InChI=1S/C29H34N4O4S2/c1-36-22-11-18(10-21(34)13-22)23-12-17(3-2-4-32-28(30)31)24(37-23)14-25-27(35)33(29(38)39-25)26-19-6-15-5-16(8-19)9-20(26)7-15/h10-16,19-20,26,34H,2-9H2,1H3,(H4,30,31,32)/b25-14-. The molecule has 206 valence electrons. The maximum absolute atomic E-state index is 13.8. The molecular weight excluding hydrogens is 532 g/mol. The van der Waals surface area contributed by atoms with Crippen molar-refractivity contribution in [2.75, 3.05) is 13.7 Å². The second kappa shape index (κ2) is 10.5. The van der Waals surface area contributed by atoms with Crippen molar-refractivity contribution in [1.29, 1.82) is 0 Å². The molecule has 4 aliphatic carbocycles. The van der Waals surface area contributed by atoms with E-state index in [2.05, 4.69) is 4.99 Å². The minimum absolute atomic E-state index is 0.00842. The normalized spacial score (nSPS) is 28.5. The molecule has 5 fully saturated rings. The summed E-state index contributed by atoms with van der Waals surface area (Å²) in [7, 11) is 1.55. The number of hydrogen-bond donors (Lipinski definition) is 3. The van der Waals surface area contributed by atoms with Gasteiger partial charge < -0.3 is 25.7 Å². The van der Waals surface area contributed by atoms with E-state index in [4.69, 9.17) is 32.8 Å². The van der Waals surface area contributed by atoms with E-state index >= 15 is 0 Å². The molecule has 5 aliphatic rings. The summed E-state index contributed by atoms with van der Waals surface area (Å²) >= 11 is 7.16. The lowest BCUT2D eigenvalue weighted by Crippen LogP contribution is -2.57. The lowest BCUT2D eigenvalue weighted by Gasteiger charge is -2.56. The van der Waals surface area contributed by atoms with Gasteiger partial charge in [0, 0.05) is 30.3 Å². The number of nitrogens with zero attached hydrogens (tertiary/aromatic N) is 2. The quantitative estimate of drug-likeness (QED) is 0.135. The number of aryl methyl sites for hydroxylation is 1. The molecule has 0 unspecified atom stereocenters. The van der Waals surface area contributed by atoms with Gasteiger partial charge in [-0.3, -0.25) is 14.7 Å². The maximum Gasteiger partial charge on any atom is 0.266 e. The van der Waals surface area contributed by atoms with E-state index in [1.54, 1.807) is 25.3 Å². The Labute approximate surface area is 237 Å². The Bertz CT molecular complexity index is 1330. The zero-order chi connectivity index (χ0) is 27.3. The minimum Gasteiger partial charge on any atom is -0.508 e. The number of phenolic OH excluding ortho intramolecular Hbond substituents is 1. The summed E-state index contributed by atoms with van der Waals surface area (Å²) in [6.45, 7) is 0.483. The molecule has 7 rings (SSSR count). The van der Waals surface area contributed by atoms with E-state index in [0.29, 0.717) is 63.3 Å². The van der Waals surface area contributed by atoms with Crippen LogP contribution in [0.25, 0.3) is 17.4 Å². The number of ether oxygens (including phenoxy) is 1. The van der Waals surface area contributed by atoms with Gasteiger partial charge in [0.15, 0.2) is 5.96 Å². The SMILES string of the molecule is COc1cc(O)cc(-c2cc(CCCN=C(N)N)c(/C=C3\SC(=S)N(C4C5CC6CC(C5)CC4C6)C3=O)o2)c1. The van der Waals surface area contributed by atoms with Crippen LogP contribution in [0.4, 0.5) is 0 Å². The summed E-state index contributed by atoms with van der Waals surface area (Å²) in [6, 6.07) is 7.13. The Morgan fingerprint density at radius 2 is 1.90 bits per heavy atom. The largest absolute Gasteiger partial charge is 0.508 e. The average Bonchev–Trinajstić information content (AvgIpc) is 3.41. The topological polar surface area (TPSA) is 127 Å². The van der Waals surface area contributed by atoms with Crippen molar-refractivity contribution >= 4 is 46.2 Å². The van der Waals surface area contributed by atoms with E-state index in [1.807, 2.05) is 17.0 Å². The van der Waals surface area contributed by atoms with Gasteiger partial charge in [-0.25, -0.2) is 0 Å². The van der Waals surface area contributed by atoms with Crippen molar-refractivity contribution in [1.82, 2.24) is 4.90 Å². The van der Waals surface area contributed by atoms with Crippen LogP contribution in [0.1, 0.15) is 49.8 Å². The van der Waals surface area contributed by atoms with Crippen molar-refractivity contribution in [2.24, 2.45) is 40.1 Å². The lowest BCUT2D eigenvalue weighted by atomic mass is 9.54. The number of rotatable bonds is 8. The monoisotopic (exact) mass is 566 g/mol. The smallest absolute Gasteiger partial charge is 0.266 e. The predicted molar refractivity (Wildman–Crippen MR) is 157 cm³/mol. The van der Waals surface area contributed by atoms with Gasteiger partial charge in [0.2, 0.25) is 0 Å². The van der Waals surface area contributed by atoms with Crippen LogP contribution in [0.15, 0.2) is 38.6 Å². The van der Waals surface area contributed by atoms with Crippen molar-refractivity contribution < 1.29 is 19.1 Å². The summed E-state index contributed by atoms with van der Waals surface area (Å²) in [5, 5.41) is 10.2. The van der Waals surface area contributed by atoms with Gasteiger partial charge in [0.25, 0.3) is 5.91 Å². The fraction of sp³-hybridized carbons (Fsp3) is 0.483. The molecule has 1 amide bonds. The molecule has 5 N–H and O–H groups in total. The van der Waals surface area contributed by atoms with E-state index in [-0.39, 0.29) is 23.7 Å². The predicted octanol–water partition coefficient (Wildman–Crippen LogP) is 4.89. The van der Waals surface area contributed by atoms with Gasteiger partial charge in [-0.2, -0.15) is 0 Å². The molecule has 10 heteroatoms. The summed E-state index contributed by atoms with van der Waals surface area (Å²) < 4.78 is 12.3. The molecule has 2 aromatic rings. The number of nitrogens with two attached hydrogens (primary N) is 2. The van der Waals surface area contributed by atoms with E-state index in [1.165, 1.54) is 43.9 Å². The van der Waals surface area contributed by atoms with Crippen molar-refractivity contribution in [3.8, 4) is 22.8 Å². The van der Waals surface area contributed by atoms with Crippen LogP contribution in [0.5, 0.6) is 11.5 Å². The average molecular weight is 567 g/mol. The summed E-state index contributed by atoms with van der Waals surface area (Å²) in [5.74, 6) is 4.60. The second-order valence-electron chi connectivity index (χ2n) is 11.3. The first-order valence-electron chi connectivity index (χ1n) is 13.6. The Balaban J connectivity index is 1.30. The summed E-state index contributed by atoms with van der Waals surface area (Å²) in [5.41, 5.74) is 12.6. The molecule has 0 radical (unpaired) electrons. The van der Waals surface area contributed by atoms with Crippen LogP contribution in [0, 0.1) is 23.7 Å². The van der Waals surface area contributed by atoms with Crippen molar-refractivity contribution in [3.05, 3.63) is 40.5 Å². The number of furan rings is 1. The lowest BCUT2D eigenvalue weighted by molar-refractivity contribution is -0.130. The van der Waals surface area contributed by atoms with Crippen LogP contribution >= 0.6 is 24.0 Å². The zero-order valence-corrected chi connectivity index (χ0v) is 23.6. The van der Waals surface area contributed by atoms with Gasteiger partial charge in [-0.1, -0.05) is 24.0 Å². The number of aliphatic imine (C=N–C) groups is 1. The third-order valence-electron chi connectivity index (χ3n) is 8.71. The molecule has 1 saturated heterocycles. The number of hydrogen-bond acceptors (Lipinski definition) is 7. The number of thioether (sulfide) groups is 1. The molecule has 4 bridgehead atoms.